The maximum atomic E-state index is 12.9. The van der Waals surface area contributed by atoms with Gasteiger partial charge < -0.3 is 10.5 Å². The van der Waals surface area contributed by atoms with Gasteiger partial charge in [-0.05, 0) is 29.8 Å². The summed E-state index contributed by atoms with van der Waals surface area (Å²) in [5.41, 5.74) is 4.59. The number of anilines is 1. The second-order valence-electron chi connectivity index (χ2n) is 4.17. The van der Waals surface area contributed by atoms with E-state index in [1.54, 1.807) is 6.07 Å². The number of nitrogen functional groups attached to an aromatic ring is 1. The molecule has 0 aliphatic carbocycles. The maximum Gasteiger partial charge on any atom is 0.418 e. The number of ether oxygens (including phenoxy) is 1. The minimum atomic E-state index is -4.48. The Morgan fingerprint density at radius 1 is 1.05 bits per heavy atom. The number of alkyl halides is 3. The van der Waals surface area contributed by atoms with Crippen LogP contribution in [-0.2, 0) is 12.8 Å². The molecule has 0 heterocycles. The van der Waals surface area contributed by atoms with Gasteiger partial charge in [0.25, 0.3) is 0 Å². The molecule has 0 saturated heterocycles. The first-order chi connectivity index (χ1) is 9.36. The van der Waals surface area contributed by atoms with Gasteiger partial charge >= 0.3 is 6.18 Å². The van der Waals surface area contributed by atoms with Crippen molar-refractivity contribution in [3.05, 3.63) is 59.4 Å². The molecule has 2 N–H and O–H groups in total. The largest absolute Gasteiger partial charge is 0.489 e. The fraction of sp³-hybridized carbons (Fsp3) is 0.143. The lowest BCUT2D eigenvalue weighted by Crippen LogP contribution is -2.09. The molecule has 6 heteroatoms. The third-order valence-electron chi connectivity index (χ3n) is 2.62. The number of hydrogen-bond acceptors (Lipinski definition) is 2. The van der Waals surface area contributed by atoms with Crippen LogP contribution in [0, 0.1) is 5.82 Å². The van der Waals surface area contributed by atoms with Crippen molar-refractivity contribution in [3.63, 3.8) is 0 Å². The highest BCUT2D eigenvalue weighted by atomic mass is 19.4. The van der Waals surface area contributed by atoms with Gasteiger partial charge in [0.1, 0.15) is 18.2 Å². The summed E-state index contributed by atoms with van der Waals surface area (Å²) >= 11 is 0. The van der Waals surface area contributed by atoms with Gasteiger partial charge in [-0.25, -0.2) is 4.39 Å². The van der Waals surface area contributed by atoms with Crippen molar-refractivity contribution in [3.8, 4) is 5.75 Å². The Morgan fingerprint density at radius 3 is 2.40 bits per heavy atom. The molecule has 0 unspecified atom stereocenters. The predicted octanol–water partition coefficient (Wildman–Crippen LogP) is 4.01. The second-order valence-corrected chi connectivity index (χ2v) is 4.17. The Morgan fingerprint density at radius 2 is 1.80 bits per heavy atom. The third kappa shape index (κ3) is 3.40. The molecule has 0 radical (unpaired) electrons. The van der Waals surface area contributed by atoms with Crippen molar-refractivity contribution in [1.82, 2.24) is 0 Å². The lowest BCUT2D eigenvalue weighted by atomic mass is 10.1. The molecule has 2 nitrogen and oxygen atoms in total. The first-order valence-corrected chi connectivity index (χ1v) is 5.70. The smallest absolute Gasteiger partial charge is 0.418 e. The van der Waals surface area contributed by atoms with Gasteiger partial charge in [-0.3, -0.25) is 0 Å². The highest BCUT2D eigenvalue weighted by molar-refractivity contribution is 5.50. The normalized spacial score (nSPS) is 11.4. The molecule has 2 aromatic rings. The number of benzene rings is 2. The quantitative estimate of drug-likeness (QED) is 0.683. The van der Waals surface area contributed by atoms with Crippen LogP contribution in [0.3, 0.4) is 0 Å². The van der Waals surface area contributed by atoms with E-state index in [0.717, 1.165) is 6.07 Å². The van der Waals surface area contributed by atoms with Gasteiger partial charge in [0.2, 0.25) is 0 Å². The first kappa shape index (κ1) is 14.2. The minimum absolute atomic E-state index is 0.00574. The molecule has 0 amide bonds. The summed E-state index contributed by atoms with van der Waals surface area (Å²) in [6.45, 7) is 0.00574. The summed E-state index contributed by atoms with van der Waals surface area (Å²) in [7, 11) is 0. The fourth-order valence-electron chi connectivity index (χ4n) is 1.68. The number of halogens is 4. The number of rotatable bonds is 3. The monoisotopic (exact) mass is 285 g/mol. The molecule has 0 fully saturated rings. The minimum Gasteiger partial charge on any atom is -0.489 e. The van der Waals surface area contributed by atoms with E-state index in [4.69, 9.17) is 10.5 Å². The molecule has 106 valence electrons. The first-order valence-electron chi connectivity index (χ1n) is 5.70. The van der Waals surface area contributed by atoms with Crippen LogP contribution in [0.1, 0.15) is 11.1 Å². The summed E-state index contributed by atoms with van der Waals surface area (Å²) in [4.78, 5) is 0. The maximum absolute atomic E-state index is 12.9. The molecule has 0 atom stereocenters. The van der Waals surface area contributed by atoms with Gasteiger partial charge in [0, 0.05) is 11.8 Å². The Hall–Kier alpha value is -2.24. The Balaban J connectivity index is 2.10. The van der Waals surface area contributed by atoms with Crippen LogP contribution in [0.4, 0.5) is 23.2 Å². The zero-order chi connectivity index (χ0) is 14.8. The lowest BCUT2D eigenvalue weighted by Gasteiger charge is -2.12. The molecular formula is C14H11F4NO. The van der Waals surface area contributed by atoms with Crippen LogP contribution in [0.2, 0.25) is 0 Å². The van der Waals surface area contributed by atoms with Crippen molar-refractivity contribution >= 4 is 5.69 Å². The van der Waals surface area contributed by atoms with Crippen LogP contribution in [0.5, 0.6) is 5.75 Å². The summed E-state index contributed by atoms with van der Waals surface area (Å²) in [5.74, 6) is -0.155. The average molecular weight is 285 g/mol. The lowest BCUT2D eigenvalue weighted by molar-refractivity contribution is -0.136. The summed E-state index contributed by atoms with van der Waals surface area (Å²) in [6.07, 6.45) is -4.48. The number of nitrogens with two attached hydrogens (primary N) is 1. The SMILES string of the molecule is Nc1cc(COc2cccc(F)c2)ccc1C(F)(F)F. The Labute approximate surface area is 112 Å². The molecular weight excluding hydrogens is 274 g/mol. The van der Waals surface area contributed by atoms with E-state index in [1.807, 2.05) is 0 Å². The van der Waals surface area contributed by atoms with Crippen molar-refractivity contribution < 1.29 is 22.3 Å². The summed E-state index contributed by atoms with van der Waals surface area (Å²) in [6, 6.07) is 8.86. The van der Waals surface area contributed by atoms with E-state index in [0.29, 0.717) is 11.3 Å². The topological polar surface area (TPSA) is 35.2 Å². The molecule has 2 rings (SSSR count). The van der Waals surface area contributed by atoms with Gasteiger partial charge in [0.05, 0.1) is 5.56 Å². The molecule has 2 aromatic carbocycles. The predicted molar refractivity (Wildman–Crippen MR) is 66.6 cm³/mol. The van der Waals surface area contributed by atoms with E-state index in [2.05, 4.69) is 0 Å². The number of hydrogen-bond donors (Lipinski definition) is 1. The molecule has 0 saturated carbocycles. The van der Waals surface area contributed by atoms with Crippen LogP contribution in [-0.4, -0.2) is 0 Å². The van der Waals surface area contributed by atoms with Crippen molar-refractivity contribution in [2.45, 2.75) is 12.8 Å². The standard InChI is InChI=1S/C14H11F4NO/c15-10-2-1-3-11(7-10)20-8-9-4-5-12(13(19)6-9)14(16,17)18/h1-7H,8,19H2. The summed E-state index contributed by atoms with van der Waals surface area (Å²) in [5, 5.41) is 0. The van der Waals surface area contributed by atoms with Crippen LogP contribution in [0.25, 0.3) is 0 Å². The van der Waals surface area contributed by atoms with E-state index in [1.165, 1.54) is 30.3 Å². The van der Waals surface area contributed by atoms with Crippen LogP contribution in [0.15, 0.2) is 42.5 Å². The van der Waals surface area contributed by atoms with Crippen molar-refractivity contribution in [2.24, 2.45) is 0 Å². The molecule has 0 spiro atoms. The Bertz CT molecular complexity index is 610. The fourth-order valence-corrected chi connectivity index (χ4v) is 1.68. The Kier molecular flexibility index (Phi) is 3.83. The zero-order valence-corrected chi connectivity index (χ0v) is 10.2. The molecule has 0 aliphatic rings. The highest BCUT2D eigenvalue weighted by Crippen LogP contribution is 2.33. The molecule has 0 bridgehead atoms. The molecule has 20 heavy (non-hydrogen) atoms. The van der Waals surface area contributed by atoms with E-state index in [-0.39, 0.29) is 12.3 Å². The van der Waals surface area contributed by atoms with Gasteiger partial charge in [-0.15, -0.1) is 0 Å². The van der Waals surface area contributed by atoms with E-state index in [9.17, 15) is 17.6 Å². The van der Waals surface area contributed by atoms with Gasteiger partial charge in [0.15, 0.2) is 0 Å². The van der Waals surface area contributed by atoms with Crippen molar-refractivity contribution in [1.29, 1.82) is 0 Å². The summed E-state index contributed by atoms with van der Waals surface area (Å²) < 4.78 is 55.8. The molecule has 0 aromatic heterocycles. The van der Waals surface area contributed by atoms with Crippen LogP contribution >= 0.6 is 0 Å². The van der Waals surface area contributed by atoms with Gasteiger partial charge in [-0.2, -0.15) is 13.2 Å². The van der Waals surface area contributed by atoms with Crippen molar-refractivity contribution in [2.75, 3.05) is 5.73 Å². The zero-order valence-electron chi connectivity index (χ0n) is 10.2. The second kappa shape index (κ2) is 5.40. The highest BCUT2D eigenvalue weighted by Gasteiger charge is 2.32. The molecule has 0 aliphatic heterocycles. The van der Waals surface area contributed by atoms with Crippen LogP contribution < -0.4 is 10.5 Å². The van der Waals surface area contributed by atoms with Gasteiger partial charge in [-0.1, -0.05) is 12.1 Å². The average Bonchev–Trinajstić information content (AvgIpc) is 2.35. The third-order valence-corrected chi connectivity index (χ3v) is 2.62. The van der Waals surface area contributed by atoms with E-state index >= 15 is 0 Å². The van der Waals surface area contributed by atoms with E-state index < -0.39 is 17.6 Å².